The molecule has 0 fully saturated rings. The van der Waals surface area contributed by atoms with Crippen molar-refractivity contribution in [3.63, 3.8) is 0 Å². The van der Waals surface area contributed by atoms with E-state index in [1.807, 2.05) is 18.2 Å². The number of nitrogens with one attached hydrogen (secondary N) is 1. The molecule has 0 unspecified atom stereocenters. The Labute approximate surface area is 75.6 Å². The average Bonchev–Trinajstić information content (AvgIpc) is 2.27. The summed E-state index contributed by atoms with van der Waals surface area (Å²) in [6, 6.07) is 5.55. The SMILES string of the molecule is O=c1[nH]c2ccc(I)cc2o1. The zero-order valence-electron chi connectivity index (χ0n) is 5.43. The maximum atomic E-state index is 10.7. The van der Waals surface area contributed by atoms with Crippen LogP contribution in [0.25, 0.3) is 11.1 Å². The number of aromatic amines is 1. The molecule has 1 aromatic heterocycles. The van der Waals surface area contributed by atoms with Crippen LogP contribution in [-0.2, 0) is 0 Å². The van der Waals surface area contributed by atoms with Crippen LogP contribution in [0.5, 0.6) is 0 Å². The standard InChI is InChI=1S/C7H4INO2/c8-4-1-2-5-6(3-4)11-7(10)9-5/h1-3H,(H,9,10). The second kappa shape index (κ2) is 2.37. The fourth-order valence-electron chi connectivity index (χ4n) is 0.919. The summed E-state index contributed by atoms with van der Waals surface area (Å²) in [6.07, 6.45) is 0. The molecule has 0 spiro atoms. The van der Waals surface area contributed by atoms with Gasteiger partial charge in [0.15, 0.2) is 5.58 Å². The van der Waals surface area contributed by atoms with E-state index in [9.17, 15) is 4.79 Å². The fraction of sp³-hybridized carbons (Fsp3) is 0. The Hall–Kier alpha value is -0.780. The highest BCUT2D eigenvalue weighted by Crippen LogP contribution is 2.13. The molecule has 0 saturated carbocycles. The van der Waals surface area contributed by atoms with Gasteiger partial charge in [-0.3, -0.25) is 4.98 Å². The molecule has 3 nitrogen and oxygen atoms in total. The first-order chi connectivity index (χ1) is 5.25. The van der Waals surface area contributed by atoms with Gasteiger partial charge in [-0.15, -0.1) is 0 Å². The summed E-state index contributed by atoms with van der Waals surface area (Å²) in [4.78, 5) is 13.2. The Morgan fingerprint density at radius 1 is 1.45 bits per heavy atom. The number of benzene rings is 1. The molecule has 0 amide bonds. The van der Waals surface area contributed by atoms with Gasteiger partial charge in [0.05, 0.1) is 5.52 Å². The zero-order valence-corrected chi connectivity index (χ0v) is 7.58. The molecule has 0 saturated heterocycles. The van der Waals surface area contributed by atoms with Crippen molar-refractivity contribution in [2.24, 2.45) is 0 Å². The van der Waals surface area contributed by atoms with E-state index in [-0.39, 0.29) is 0 Å². The molecule has 0 aliphatic carbocycles. The van der Waals surface area contributed by atoms with Crippen molar-refractivity contribution < 1.29 is 4.42 Å². The zero-order chi connectivity index (χ0) is 7.84. The number of hydrogen-bond acceptors (Lipinski definition) is 2. The van der Waals surface area contributed by atoms with Gasteiger partial charge in [0.1, 0.15) is 0 Å². The van der Waals surface area contributed by atoms with Crippen LogP contribution in [0.4, 0.5) is 0 Å². The van der Waals surface area contributed by atoms with Gasteiger partial charge in [-0.1, -0.05) is 0 Å². The Bertz CT molecular complexity index is 443. The normalized spacial score (nSPS) is 10.6. The van der Waals surface area contributed by atoms with Crippen LogP contribution < -0.4 is 5.76 Å². The van der Waals surface area contributed by atoms with Gasteiger partial charge in [0.2, 0.25) is 0 Å². The van der Waals surface area contributed by atoms with Crippen molar-refractivity contribution >= 4 is 33.7 Å². The predicted molar refractivity (Wildman–Crippen MR) is 49.6 cm³/mol. The molecule has 2 rings (SSSR count). The molecule has 0 bridgehead atoms. The molecule has 0 aliphatic heterocycles. The Balaban J connectivity index is 2.92. The molecule has 11 heavy (non-hydrogen) atoms. The van der Waals surface area contributed by atoms with Crippen LogP contribution in [0.1, 0.15) is 0 Å². The molecule has 1 N–H and O–H groups in total. The minimum absolute atomic E-state index is 0.401. The van der Waals surface area contributed by atoms with Crippen molar-refractivity contribution in [2.45, 2.75) is 0 Å². The monoisotopic (exact) mass is 261 g/mol. The topological polar surface area (TPSA) is 46.0 Å². The minimum atomic E-state index is -0.401. The van der Waals surface area contributed by atoms with Crippen molar-refractivity contribution in [2.75, 3.05) is 0 Å². The number of hydrogen-bond donors (Lipinski definition) is 1. The van der Waals surface area contributed by atoms with E-state index in [2.05, 4.69) is 27.6 Å². The second-order valence-corrected chi connectivity index (χ2v) is 3.40. The van der Waals surface area contributed by atoms with Gasteiger partial charge in [-0.25, -0.2) is 4.79 Å². The van der Waals surface area contributed by atoms with E-state index in [4.69, 9.17) is 4.42 Å². The number of rotatable bonds is 0. The highest BCUT2D eigenvalue weighted by Gasteiger charge is 1.98. The summed E-state index contributed by atoms with van der Waals surface area (Å²) in [7, 11) is 0. The van der Waals surface area contributed by atoms with Gasteiger partial charge in [-0.2, -0.15) is 0 Å². The fourth-order valence-corrected chi connectivity index (χ4v) is 1.38. The average molecular weight is 261 g/mol. The molecule has 56 valence electrons. The predicted octanol–water partition coefficient (Wildman–Crippen LogP) is 1.73. The van der Waals surface area contributed by atoms with E-state index < -0.39 is 5.76 Å². The van der Waals surface area contributed by atoms with Gasteiger partial charge in [0.25, 0.3) is 0 Å². The van der Waals surface area contributed by atoms with E-state index in [0.717, 1.165) is 9.09 Å². The number of fused-ring (bicyclic) bond motifs is 1. The smallest absolute Gasteiger partial charge is 0.408 e. The van der Waals surface area contributed by atoms with Gasteiger partial charge in [-0.05, 0) is 40.8 Å². The molecular formula is C7H4INO2. The number of oxazole rings is 1. The van der Waals surface area contributed by atoms with Crippen molar-refractivity contribution in [3.8, 4) is 0 Å². The third-order valence-corrected chi connectivity index (χ3v) is 2.05. The molecule has 1 aromatic carbocycles. The summed E-state index contributed by atoms with van der Waals surface area (Å²) in [5.74, 6) is -0.401. The molecule has 1 heterocycles. The number of H-pyrrole nitrogens is 1. The summed E-state index contributed by atoms with van der Waals surface area (Å²) in [6.45, 7) is 0. The van der Waals surface area contributed by atoms with E-state index >= 15 is 0 Å². The van der Waals surface area contributed by atoms with Crippen LogP contribution in [0, 0.1) is 3.57 Å². The van der Waals surface area contributed by atoms with Crippen LogP contribution >= 0.6 is 22.6 Å². The maximum absolute atomic E-state index is 10.7. The van der Waals surface area contributed by atoms with Gasteiger partial charge in [0, 0.05) is 3.57 Å². The van der Waals surface area contributed by atoms with Crippen molar-refractivity contribution in [3.05, 3.63) is 32.3 Å². The lowest BCUT2D eigenvalue weighted by Crippen LogP contribution is -1.92. The third-order valence-electron chi connectivity index (χ3n) is 1.38. The molecule has 0 aliphatic rings. The lowest BCUT2D eigenvalue weighted by molar-refractivity contribution is 0.555. The first-order valence-electron chi connectivity index (χ1n) is 3.04. The number of aromatic nitrogens is 1. The Kier molecular flexibility index (Phi) is 1.49. The van der Waals surface area contributed by atoms with Crippen LogP contribution in [0.2, 0.25) is 0 Å². The lowest BCUT2D eigenvalue weighted by atomic mass is 10.3. The largest absolute Gasteiger partial charge is 0.417 e. The maximum Gasteiger partial charge on any atom is 0.417 e. The van der Waals surface area contributed by atoms with Crippen LogP contribution in [0.3, 0.4) is 0 Å². The quantitative estimate of drug-likeness (QED) is 0.734. The molecule has 2 aromatic rings. The van der Waals surface area contributed by atoms with E-state index in [1.54, 1.807) is 0 Å². The minimum Gasteiger partial charge on any atom is -0.408 e. The molecule has 4 heteroatoms. The summed E-state index contributed by atoms with van der Waals surface area (Å²) in [5.41, 5.74) is 1.36. The van der Waals surface area contributed by atoms with Crippen LogP contribution in [0.15, 0.2) is 27.4 Å². The molecule has 0 radical (unpaired) electrons. The highest BCUT2D eigenvalue weighted by atomic mass is 127. The summed E-state index contributed by atoms with van der Waals surface area (Å²) < 4.78 is 5.89. The third kappa shape index (κ3) is 1.18. The van der Waals surface area contributed by atoms with Crippen LogP contribution in [-0.4, -0.2) is 4.98 Å². The highest BCUT2D eigenvalue weighted by molar-refractivity contribution is 14.1. The van der Waals surface area contributed by atoms with Crippen molar-refractivity contribution in [1.82, 2.24) is 4.98 Å². The van der Waals surface area contributed by atoms with E-state index in [1.165, 1.54) is 0 Å². The first kappa shape index (κ1) is 6.90. The first-order valence-corrected chi connectivity index (χ1v) is 4.12. The molecule has 0 atom stereocenters. The lowest BCUT2D eigenvalue weighted by Gasteiger charge is -1.86. The Morgan fingerprint density at radius 3 is 3.09 bits per heavy atom. The Morgan fingerprint density at radius 2 is 2.27 bits per heavy atom. The van der Waals surface area contributed by atoms with Gasteiger partial charge >= 0.3 is 5.76 Å². The summed E-state index contributed by atoms with van der Waals surface area (Å²) in [5, 5.41) is 0. The summed E-state index contributed by atoms with van der Waals surface area (Å²) >= 11 is 2.16. The van der Waals surface area contributed by atoms with Crippen molar-refractivity contribution in [1.29, 1.82) is 0 Å². The van der Waals surface area contributed by atoms with Gasteiger partial charge < -0.3 is 4.42 Å². The molecular weight excluding hydrogens is 257 g/mol. The number of halogens is 1. The second-order valence-electron chi connectivity index (χ2n) is 2.16. The van der Waals surface area contributed by atoms with E-state index in [0.29, 0.717) is 5.58 Å².